The van der Waals surface area contributed by atoms with Gasteiger partial charge in [0.2, 0.25) is 8.32 Å². The van der Waals surface area contributed by atoms with Crippen molar-refractivity contribution in [3.05, 3.63) is 11.8 Å². The predicted octanol–water partition coefficient (Wildman–Crippen LogP) is 3.79. The van der Waals surface area contributed by atoms with Gasteiger partial charge in [0.1, 0.15) is 0 Å². The minimum atomic E-state index is -1.39. The minimum Gasteiger partial charge on any atom is -0.547 e. The van der Waals surface area contributed by atoms with E-state index < -0.39 is 8.32 Å². The first-order chi connectivity index (χ1) is 6.31. The van der Waals surface area contributed by atoms with Gasteiger partial charge in [0.05, 0.1) is 5.76 Å². The van der Waals surface area contributed by atoms with Crippen LogP contribution < -0.4 is 0 Å². The van der Waals surface area contributed by atoms with Gasteiger partial charge in [0.15, 0.2) is 0 Å². The highest BCUT2D eigenvalue weighted by molar-refractivity contribution is 6.70. The van der Waals surface area contributed by atoms with Crippen LogP contribution in [0.3, 0.4) is 0 Å². The summed E-state index contributed by atoms with van der Waals surface area (Å²) in [5, 5.41) is 0. The van der Waals surface area contributed by atoms with Crippen LogP contribution in [0.1, 0.15) is 26.7 Å². The second-order valence-corrected chi connectivity index (χ2v) is 10.8. The molecule has 0 unspecified atom stereocenters. The Balaban J connectivity index is 2.11. The molecular formula is C12H22OSi. The van der Waals surface area contributed by atoms with Crippen LogP contribution in [0.15, 0.2) is 11.8 Å². The fourth-order valence-corrected chi connectivity index (χ4v) is 3.70. The maximum Gasteiger partial charge on any atom is 0.241 e. The van der Waals surface area contributed by atoms with Gasteiger partial charge in [-0.25, -0.2) is 0 Å². The number of hydrogen-bond donors (Lipinski definition) is 0. The van der Waals surface area contributed by atoms with E-state index in [4.69, 9.17) is 4.43 Å². The molecule has 1 fully saturated rings. The molecule has 0 aromatic rings. The molecule has 0 aromatic heterocycles. The number of allylic oxidation sites excluding steroid dienone is 2. The molecule has 0 N–H and O–H groups in total. The third-order valence-electron chi connectivity index (χ3n) is 3.84. The third kappa shape index (κ3) is 1.54. The first-order valence-corrected chi connectivity index (χ1v) is 9.10. The van der Waals surface area contributed by atoms with Gasteiger partial charge < -0.3 is 4.43 Å². The molecular weight excluding hydrogens is 188 g/mol. The molecule has 3 aliphatic carbocycles. The molecule has 0 aromatic carbocycles. The Morgan fingerprint density at radius 3 is 2.43 bits per heavy atom. The van der Waals surface area contributed by atoms with Gasteiger partial charge in [-0.05, 0) is 49.9 Å². The minimum absolute atomic E-state index is 0.504. The lowest BCUT2D eigenvalue weighted by Gasteiger charge is -2.56. The second-order valence-electron chi connectivity index (χ2n) is 6.36. The highest BCUT2D eigenvalue weighted by Gasteiger charge is 2.52. The fourth-order valence-electron chi connectivity index (χ4n) is 2.77. The molecule has 0 aliphatic heterocycles. The Labute approximate surface area is 88.7 Å². The molecule has 2 heteroatoms. The van der Waals surface area contributed by atoms with E-state index in [-0.39, 0.29) is 0 Å². The average Bonchev–Trinajstić information content (AvgIpc) is 2.00. The van der Waals surface area contributed by atoms with E-state index in [9.17, 15) is 0 Å². The molecule has 0 heterocycles. The van der Waals surface area contributed by atoms with Gasteiger partial charge in [-0.2, -0.15) is 0 Å². The zero-order valence-electron chi connectivity index (χ0n) is 10.1. The molecule has 3 rings (SSSR count). The molecule has 14 heavy (non-hydrogen) atoms. The van der Waals surface area contributed by atoms with Crippen molar-refractivity contribution in [1.82, 2.24) is 0 Å². The first kappa shape index (κ1) is 10.3. The number of hydrogen-bond acceptors (Lipinski definition) is 1. The maximum absolute atomic E-state index is 6.16. The molecule has 0 saturated heterocycles. The van der Waals surface area contributed by atoms with Crippen LogP contribution >= 0.6 is 0 Å². The SMILES string of the molecule is CC1(C)[C@@H]2CC=C(O[Si](C)(C)C)[C@H]1C2. The summed E-state index contributed by atoms with van der Waals surface area (Å²) < 4.78 is 6.16. The topological polar surface area (TPSA) is 9.23 Å². The van der Waals surface area contributed by atoms with E-state index in [1.165, 1.54) is 18.6 Å². The summed E-state index contributed by atoms with van der Waals surface area (Å²) in [5.41, 5.74) is 0.504. The molecule has 3 aliphatic rings. The summed E-state index contributed by atoms with van der Waals surface area (Å²) in [4.78, 5) is 0. The summed E-state index contributed by atoms with van der Waals surface area (Å²) in [7, 11) is -1.39. The standard InChI is InChI=1S/C12H22OSi/c1-12(2)9-6-7-11(10(12)8-9)13-14(3,4)5/h7,9-10H,6,8H2,1-5H3/t9-,10-/m1/s1. The van der Waals surface area contributed by atoms with Gasteiger partial charge in [0, 0.05) is 5.92 Å². The average molecular weight is 210 g/mol. The Morgan fingerprint density at radius 2 is 2.00 bits per heavy atom. The molecule has 80 valence electrons. The summed E-state index contributed by atoms with van der Waals surface area (Å²) >= 11 is 0. The molecule has 2 atom stereocenters. The fraction of sp³-hybridized carbons (Fsp3) is 0.833. The maximum atomic E-state index is 6.16. The summed E-state index contributed by atoms with van der Waals surface area (Å²) in [6.45, 7) is 11.6. The normalized spacial score (nSPS) is 34.5. The van der Waals surface area contributed by atoms with Crippen LogP contribution in [0.5, 0.6) is 0 Å². The van der Waals surface area contributed by atoms with Crippen LogP contribution in [0, 0.1) is 17.3 Å². The van der Waals surface area contributed by atoms with Crippen molar-refractivity contribution in [3.8, 4) is 0 Å². The molecule has 1 saturated carbocycles. The van der Waals surface area contributed by atoms with Crippen LogP contribution in [0.2, 0.25) is 19.6 Å². The highest BCUT2D eigenvalue weighted by Crippen LogP contribution is 2.59. The van der Waals surface area contributed by atoms with Gasteiger partial charge in [0.25, 0.3) is 0 Å². The van der Waals surface area contributed by atoms with Crippen LogP contribution in [0.4, 0.5) is 0 Å². The first-order valence-electron chi connectivity index (χ1n) is 5.70. The molecule has 0 amide bonds. The van der Waals surface area contributed by atoms with Gasteiger partial charge in [-0.15, -0.1) is 0 Å². The molecule has 1 nitrogen and oxygen atoms in total. The second kappa shape index (κ2) is 2.88. The van der Waals surface area contributed by atoms with E-state index in [0.29, 0.717) is 11.3 Å². The highest BCUT2D eigenvalue weighted by atomic mass is 28.4. The lowest BCUT2D eigenvalue weighted by Crippen LogP contribution is -2.49. The smallest absolute Gasteiger partial charge is 0.241 e. The van der Waals surface area contributed by atoms with E-state index in [2.05, 4.69) is 39.6 Å². The van der Waals surface area contributed by atoms with E-state index in [1.807, 2.05) is 0 Å². The number of fused-ring (bicyclic) bond motifs is 1. The molecule has 0 spiro atoms. The molecule has 0 radical (unpaired) electrons. The van der Waals surface area contributed by atoms with Crippen molar-refractivity contribution in [2.24, 2.45) is 17.3 Å². The summed E-state index contributed by atoms with van der Waals surface area (Å²) in [6.07, 6.45) is 4.95. The third-order valence-corrected chi connectivity index (χ3v) is 4.69. The Bertz CT molecular complexity index is 273. The molecule has 2 bridgehead atoms. The predicted molar refractivity (Wildman–Crippen MR) is 62.5 cm³/mol. The van der Waals surface area contributed by atoms with Crippen LogP contribution in [-0.4, -0.2) is 8.32 Å². The summed E-state index contributed by atoms with van der Waals surface area (Å²) in [6, 6.07) is 0. The van der Waals surface area contributed by atoms with Gasteiger partial charge in [-0.3, -0.25) is 0 Å². The van der Waals surface area contributed by atoms with E-state index >= 15 is 0 Å². The Hall–Kier alpha value is -0.243. The monoisotopic (exact) mass is 210 g/mol. The summed E-state index contributed by atoms with van der Waals surface area (Å²) in [5.74, 6) is 2.95. The van der Waals surface area contributed by atoms with Crippen LogP contribution in [-0.2, 0) is 4.43 Å². The van der Waals surface area contributed by atoms with Crippen molar-refractivity contribution >= 4 is 8.32 Å². The van der Waals surface area contributed by atoms with Gasteiger partial charge in [-0.1, -0.05) is 13.8 Å². The quantitative estimate of drug-likeness (QED) is 0.630. The number of rotatable bonds is 2. The lowest BCUT2D eigenvalue weighted by molar-refractivity contribution is -0.0301. The van der Waals surface area contributed by atoms with Crippen molar-refractivity contribution in [2.75, 3.05) is 0 Å². The van der Waals surface area contributed by atoms with Crippen molar-refractivity contribution in [1.29, 1.82) is 0 Å². The van der Waals surface area contributed by atoms with E-state index in [0.717, 1.165) is 5.92 Å². The largest absolute Gasteiger partial charge is 0.547 e. The Kier molecular flexibility index (Phi) is 2.11. The van der Waals surface area contributed by atoms with Crippen LogP contribution in [0.25, 0.3) is 0 Å². The Morgan fingerprint density at radius 1 is 1.36 bits per heavy atom. The van der Waals surface area contributed by atoms with Crippen molar-refractivity contribution in [3.63, 3.8) is 0 Å². The van der Waals surface area contributed by atoms with Crippen molar-refractivity contribution in [2.45, 2.75) is 46.3 Å². The van der Waals surface area contributed by atoms with E-state index in [1.54, 1.807) is 0 Å². The van der Waals surface area contributed by atoms with Gasteiger partial charge >= 0.3 is 0 Å². The zero-order valence-corrected chi connectivity index (χ0v) is 11.1. The zero-order chi connectivity index (χ0) is 10.6. The lowest BCUT2D eigenvalue weighted by atomic mass is 9.50. The van der Waals surface area contributed by atoms with Crippen molar-refractivity contribution < 1.29 is 4.43 Å².